The van der Waals surface area contributed by atoms with Crippen LogP contribution in [0.15, 0.2) is 34.7 Å². The second kappa shape index (κ2) is 6.45. The van der Waals surface area contributed by atoms with E-state index in [1.807, 2.05) is 13.0 Å². The van der Waals surface area contributed by atoms with E-state index in [9.17, 15) is 9.59 Å². The maximum atomic E-state index is 11.8. The minimum Gasteiger partial charge on any atom is -0.456 e. The Hall–Kier alpha value is -2.27. The molecule has 1 aromatic heterocycles. The van der Waals surface area contributed by atoms with E-state index < -0.39 is 5.91 Å². The first-order valence-corrected chi connectivity index (χ1v) is 6.74. The van der Waals surface area contributed by atoms with Crippen LogP contribution < -0.4 is 10.6 Å². The van der Waals surface area contributed by atoms with Gasteiger partial charge in [0.1, 0.15) is 5.76 Å². The largest absolute Gasteiger partial charge is 0.456 e. The number of furan rings is 1. The van der Waals surface area contributed by atoms with Crippen LogP contribution in [0.1, 0.15) is 21.9 Å². The summed E-state index contributed by atoms with van der Waals surface area (Å²) in [5, 5.41) is 5.72. The summed E-state index contributed by atoms with van der Waals surface area (Å²) < 4.78 is 5.17. The van der Waals surface area contributed by atoms with Crippen molar-refractivity contribution in [2.24, 2.45) is 0 Å². The molecule has 2 aromatic rings. The minimum absolute atomic E-state index is 0.148. The number of anilines is 1. The average Bonchev–Trinajstić information content (AvgIpc) is 2.87. The van der Waals surface area contributed by atoms with Crippen molar-refractivity contribution in [1.82, 2.24) is 5.32 Å². The first kappa shape index (κ1) is 15.1. The highest BCUT2D eigenvalue weighted by atomic mass is 35.5. The van der Waals surface area contributed by atoms with E-state index in [4.69, 9.17) is 16.0 Å². The van der Waals surface area contributed by atoms with Crippen molar-refractivity contribution in [1.29, 1.82) is 0 Å². The molecule has 110 valence electrons. The number of carbonyl (C=O) groups is 2. The van der Waals surface area contributed by atoms with Gasteiger partial charge in [-0.3, -0.25) is 9.59 Å². The molecule has 5 nitrogen and oxygen atoms in total. The minimum atomic E-state index is -0.430. The summed E-state index contributed by atoms with van der Waals surface area (Å²) in [4.78, 5) is 23.5. The Morgan fingerprint density at radius 2 is 1.95 bits per heavy atom. The number of benzene rings is 1. The molecule has 0 aliphatic heterocycles. The molecule has 2 amide bonds. The van der Waals surface area contributed by atoms with Crippen molar-refractivity contribution in [3.8, 4) is 0 Å². The van der Waals surface area contributed by atoms with Gasteiger partial charge in [0, 0.05) is 10.7 Å². The van der Waals surface area contributed by atoms with Gasteiger partial charge in [-0.15, -0.1) is 0 Å². The highest BCUT2D eigenvalue weighted by Crippen LogP contribution is 2.19. The van der Waals surface area contributed by atoms with Crippen molar-refractivity contribution in [3.05, 3.63) is 52.4 Å². The van der Waals surface area contributed by atoms with E-state index in [0.29, 0.717) is 16.5 Å². The van der Waals surface area contributed by atoms with Crippen LogP contribution in [0.3, 0.4) is 0 Å². The molecule has 6 heteroatoms. The number of hydrogen-bond acceptors (Lipinski definition) is 3. The molecule has 0 aliphatic rings. The molecule has 21 heavy (non-hydrogen) atoms. The van der Waals surface area contributed by atoms with Crippen LogP contribution in [0.4, 0.5) is 5.69 Å². The smallest absolute Gasteiger partial charge is 0.287 e. The molecule has 2 rings (SSSR count). The Labute approximate surface area is 127 Å². The number of hydrogen-bond donors (Lipinski definition) is 2. The quantitative estimate of drug-likeness (QED) is 0.912. The van der Waals surface area contributed by atoms with Crippen LogP contribution in [0.2, 0.25) is 5.02 Å². The monoisotopic (exact) mass is 306 g/mol. The maximum absolute atomic E-state index is 11.8. The Morgan fingerprint density at radius 1 is 1.19 bits per heavy atom. The molecule has 0 unspecified atom stereocenters. The molecule has 0 atom stereocenters. The van der Waals surface area contributed by atoms with Gasteiger partial charge in [0.25, 0.3) is 5.91 Å². The first-order chi connectivity index (χ1) is 9.95. The zero-order valence-electron chi connectivity index (χ0n) is 11.7. The average molecular weight is 307 g/mol. The number of amides is 2. The Balaban J connectivity index is 1.90. The second-order valence-corrected chi connectivity index (χ2v) is 5.04. The molecule has 0 bridgehead atoms. The summed E-state index contributed by atoms with van der Waals surface area (Å²) in [6.07, 6.45) is 0. The van der Waals surface area contributed by atoms with Crippen LogP contribution in [0.25, 0.3) is 0 Å². The molecule has 0 fully saturated rings. The van der Waals surface area contributed by atoms with Gasteiger partial charge in [-0.25, -0.2) is 0 Å². The molecule has 1 aromatic carbocycles. The lowest BCUT2D eigenvalue weighted by Crippen LogP contribution is -2.32. The summed E-state index contributed by atoms with van der Waals surface area (Å²) in [6, 6.07) is 8.45. The van der Waals surface area contributed by atoms with E-state index in [-0.39, 0.29) is 18.2 Å². The first-order valence-electron chi connectivity index (χ1n) is 6.36. The molecule has 0 aliphatic carbocycles. The van der Waals surface area contributed by atoms with E-state index in [2.05, 4.69) is 10.6 Å². The van der Waals surface area contributed by atoms with Crippen molar-refractivity contribution in [3.63, 3.8) is 0 Å². The molecule has 0 radical (unpaired) electrons. The van der Waals surface area contributed by atoms with Gasteiger partial charge in [-0.05, 0) is 43.7 Å². The third kappa shape index (κ3) is 4.10. The predicted molar refractivity (Wildman–Crippen MR) is 80.6 cm³/mol. The number of halogens is 1. The van der Waals surface area contributed by atoms with Crippen molar-refractivity contribution >= 4 is 29.1 Å². The summed E-state index contributed by atoms with van der Waals surface area (Å²) in [6.45, 7) is 3.45. The molecule has 0 spiro atoms. The van der Waals surface area contributed by atoms with E-state index in [1.54, 1.807) is 31.2 Å². The molecule has 0 saturated carbocycles. The molecular formula is C15H15ClN2O3. The maximum Gasteiger partial charge on any atom is 0.287 e. The summed E-state index contributed by atoms with van der Waals surface area (Å²) >= 11 is 5.88. The Morgan fingerprint density at radius 3 is 2.62 bits per heavy atom. The van der Waals surface area contributed by atoms with Gasteiger partial charge in [-0.2, -0.15) is 0 Å². The van der Waals surface area contributed by atoms with Crippen LogP contribution in [0, 0.1) is 13.8 Å². The van der Waals surface area contributed by atoms with E-state index in [0.717, 1.165) is 5.56 Å². The normalized spacial score (nSPS) is 10.2. The van der Waals surface area contributed by atoms with Crippen LogP contribution in [-0.2, 0) is 4.79 Å². The molecular weight excluding hydrogens is 292 g/mol. The third-order valence-electron chi connectivity index (χ3n) is 2.85. The lowest BCUT2D eigenvalue weighted by atomic mass is 10.2. The highest BCUT2D eigenvalue weighted by Gasteiger charge is 2.12. The molecule has 1 heterocycles. The number of carbonyl (C=O) groups excluding carboxylic acids is 2. The fourth-order valence-corrected chi connectivity index (χ4v) is 1.90. The topological polar surface area (TPSA) is 71.3 Å². The highest BCUT2D eigenvalue weighted by molar-refractivity contribution is 6.31. The van der Waals surface area contributed by atoms with Crippen LogP contribution in [-0.4, -0.2) is 18.4 Å². The van der Waals surface area contributed by atoms with Gasteiger partial charge < -0.3 is 15.1 Å². The number of nitrogens with one attached hydrogen (secondary N) is 2. The predicted octanol–water partition coefficient (Wildman–Crippen LogP) is 2.92. The standard InChI is InChI=1S/C15H15ClN2O3/c1-9-3-5-11(16)7-12(9)18-14(19)8-17-15(20)13-6-4-10(2)21-13/h3-7H,8H2,1-2H3,(H,17,20)(H,18,19). The summed E-state index contributed by atoms with van der Waals surface area (Å²) in [5.41, 5.74) is 1.51. The Bertz CT molecular complexity index is 679. The lowest BCUT2D eigenvalue weighted by Gasteiger charge is -2.09. The van der Waals surface area contributed by atoms with Gasteiger partial charge in [0.05, 0.1) is 6.54 Å². The molecule has 2 N–H and O–H groups in total. The fourth-order valence-electron chi connectivity index (χ4n) is 1.73. The van der Waals surface area contributed by atoms with Crippen molar-refractivity contribution in [2.75, 3.05) is 11.9 Å². The Kier molecular flexibility index (Phi) is 4.65. The number of aryl methyl sites for hydroxylation is 2. The van der Waals surface area contributed by atoms with Gasteiger partial charge >= 0.3 is 0 Å². The zero-order valence-corrected chi connectivity index (χ0v) is 12.5. The van der Waals surface area contributed by atoms with Gasteiger partial charge in [0.15, 0.2) is 5.76 Å². The van der Waals surface area contributed by atoms with E-state index in [1.165, 1.54) is 0 Å². The van der Waals surface area contributed by atoms with Gasteiger partial charge in [-0.1, -0.05) is 17.7 Å². The van der Waals surface area contributed by atoms with Crippen LogP contribution in [0.5, 0.6) is 0 Å². The summed E-state index contributed by atoms with van der Waals surface area (Å²) in [5.74, 6) is 0.0523. The fraction of sp³-hybridized carbons (Fsp3) is 0.200. The van der Waals surface area contributed by atoms with Crippen molar-refractivity contribution < 1.29 is 14.0 Å². The lowest BCUT2D eigenvalue weighted by molar-refractivity contribution is -0.115. The third-order valence-corrected chi connectivity index (χ3v) is 3.08. The SMILES string of the molecule is Cc1ccc(C(=O)NCC(=O)Nc2cc(Cl)ccc2C)o1. The van der Waals surface area contributed by atoms with Crippen molar-refractivity contribution in [2.45, 2.75) is 13.8 Å². The van der Waals surface area contributed by atoms with E-state index >= 15 is 0 Å². The molecule has 0 saturated heterocycles. The zero-order chi connectivity index (χ0) is 15.4. The summed E-state index contributed by atoms with van der Waals surface area (Å²) in [7, 11) is 0. The van der Waals surface area contributed by atoms with Crippen LogP contribution >= 0.6 is 11.6 Å². The second-order valence-electron chi connectivity index (χ2n) is 4.60. The van der Waals surface area contributed by atoms with Gasteiger partial charge in [0.2, 0.25) is 5.91 Å². The number of rotatable bonds is 4.